The van der Waals surface area contributed by atoms with Gasteiger partial charge in [0, 0.05) is 24.6 Å². The molecule has 98 valence electrons. The highest BCUT2D eigenvalue weighted by Gasteiger charge is 2.33. The summed E-state index contributed by atoms with van der Waals surface area (Å²) in [4.78, 5) is 13.8. The molecule has 2 saturated heterocycles. The molecule has 4 heteroatoms. The summed E-state index contributed by atoms with van der Waals surface area (Å²) in [6, 6.07) is 1.25. The molecule has 0 amide bonds. The van der Waals surface area contributed by atoms with E-state index in [2.05, 4.69) is 26.8 Å². The second-order valence-corrected chi connectivity index (χ2v) is 5.56. The molecule has 0 spiro atoms. The van der Waals surface area contributed by atoms with Crippen molar-refractivity contribution in [3.63, 3.8) is 0 Å². The Labute approximate surface area is 109 Å². The predicted octanol–water partition coefficient (Wildman–Crippen LogP) is 1.71. The lowest BCUT2D eigenvalue weighted by atomic mass is 10.0. The highest BCUT2D eigenvalue weighted by Crippen LogP contribution is 2.34. The molecule has 1 atom stereocenters. The first-order valence-corrected chi connectivity index (χ1v) is 7.05. The van der Waals surface area contributed by atoms with Crippen LogP contribution >= 0.6 is 0 Å². The molecule has 0 radical (unpaired) electrons. The van der Waals surface area contributed by atoms with Crippen molar-refractivity contribution in [3.8, 4) is 0 Å². The zero-order valence-electron chi connectivity index (χ0n) is 11.1. The molecule has 0 bridgehead atoms. The number of hydrogen-bond acceptors (Lipinski definition) is 4. The Morgan fingerprint density at radius 2 is 1.94 bits per heavy atom. The van der Waals surface area contributed by atoms with Crippen LogP contribution in [0.5, 0.6) is 0 Å². The molecule has 2 fully saturated rings. The Balaban J connectivity index is 1.71. The molecule has 4 nitrogen and oxygen atoms in total. The van der Waals surface area contributed by atoms with E-state index in [-0.39, 0.29) is 0 Å². The molecule has 1 aromatic rings. The van der Waals surface area contributed by atoms with Crippen LogP contribution < -0.4 is 0 Å². The molecular weight excluding hydrogens is 224 g/mol. The SMILES string of the molecule is CN1CCC(N2CCCC2c2cnccn2)CC1. The second-order valence-electron chi connectivity index (χ2n) is 5.56. The van der Waals surface area contributed by atoms with Gasteiger partial charge in [-0.15, -0.1) is 0 Å². The topological polar surface area (TPSA) is 32.3 Å². The van der Waals surface area contributed by atoms with E-state index in [1.54, 1.807) is 6.20 Å². The Kier molecular flexibility index (Phi) is 3.57. The molecule has 1 aromatic heterocycles. The maximum absolute atomic E-state index is 4.51. The van der Waals surface area contributed by atoms with Gasteiger partial charge < -0.3 is 4.90 Å². The van der Waals surface area contributed by atoms with E-state index in [0.29, 0.717) is 6.04 Å². The number of rotatable bonds is 2. The summed E-state index contributed by atoms with van der Waals surface area (Å²) in [6.45, 7) is 3.69. The van der Waals surface area contributed by atoms with Gasteiger partial charge in [-0.1, -0.05) is 0 Å². The fraction of sp³-hybridized carbons (Fsp3) is 0.714. The lowest BCUT2D eigenvalue weighted by Crippen LogP contribution is -2.43. The number of piperidine rings is 1. The van der Waals surface area contributed by atoms with E-state index in [0.717, 1.165) is 11.7 Å². The molecule has 0 N–H and O–H groups in total. The predicted molar refractivity (Wildman–Crippen MR) is 71.2 cm³/mol. The normalized spacial score (nSPS) is 27.7. The van der Waals surface area contributed by atoms with Crippen molar-refractivity contribution >= 4 is 0 Å². The quantitative estimate of drug-likeness (QED) is 0.795. The van der Waals surface area contributed by atoms with Gasteiger partial charge in [0.15, 0.2) is 0 Å². The first-order valence-electron chi connectivity index (χ1n) is 7.05. The third-order valence-corrected chi connectivity index (χ3v) is 4.38. The number of nitrogens with zero attached hydrogens (tertiary/aromatic N) is 4. The first-order chi connectivity index (χ1) is 8.84. The van der Waals surface area contributed by atoms with Crippen molar-refractivity contribution in [2.45, 2.75) is 37.8 Å². The van der Waals surface area contributed by atoms with Crippen LogP contribution in [0.15, 0.2) is 18.6 Å². The lowest BCUT2D eigenvalue weighted by Gasteiger charge is -2.38. The van der Waals surface area contributed by atoms with Gasteiger partial charge in [0.25, 0.3) is 0 Å². The van der Waals surface area contributed by atoms with Gasteiger partial charge in [-0.25, -0.2) is 0 Å². The van der Waals surface area contributed by atoms with E-state index in [1.165, 1.54) is 45.3 Å². The Hall–Kier alpha value is -1.00. The van der Waals surface area contributed by atoms with Gasteiger partial charge in [0.1, 0.15) is 0 Å². The largest absolute Gasteiger partial charge is 0.306 e. The molecule has 18 heavy (non-hydrogen) atoms. The number of aromatic nitrogens is 2. The summed E-state index contributed by atoms with van der Waals surface area (Å²) in [6.07, 6.45) is 10.7. The van der Waals surface area contributed by atoms with E-state index < -0.39 is 0 Å². The molecule has 3 heterocycles. The van der Waals surface area contributed by atoms with Crippen molar-refractivity contribution in [1.29, 1.82) is 0 Å². The van der Waals surface area contributed by atoms with E-state index in [1.807, 2.05) is 12.4 Å². The van der Waals surface area contributed by atoms with Crippen molar-refractivity contribution in [2.24, 2.45) is 0 Å². The van der Waals surface area contributed by atoms with Crippen LogP contribution in [0.2, 0.25) is 0 Å². The fourth-order valence-corrected chi connectivity index (χ4v) is 3.35. The minimum absolute atomic E-state index is 0.507. The molecule has 2 aliphatic rings. The van der Waals surface area contributed by atoms with Gasteiger partial charge in [-0.05, 0) is 52.4 Å². The van der Waals surface area contributed by atoms with Crippen LogP contribution in [0.25, 0.3) is 0 Å². The number of likely N-dealkylation sites (tertiary alicyclic amines) is 2. The zero-order valence-corrected chi connectivity index (χ0v) is 11.1. The van der Waals surface area contributed by atoms with Crippen LogP contribution in [-0.4, -0.2) is 52.5 Å². The van der Waals surface area contributed by atoms with Crippen molar-refractivity contribution in [2.75, 3.05) is 26.7 Å². The third kappa shape index (κ3) is 2.40. The van der Waals surface area contributed by atoms with E-state index in [4.69, 9.17) is 0 Å². The van der Waals surface area contributed by atoms with Gasteiger partial charge in [0.05, 0.1) is 11.7 Å². The standard InChI is InChI=1S/C14H22N4/c1-17-9-4-12(5-10-17)18-8-2-3-14(18)13-11-15-6-7-16-13/h6-7,11-12,14H,2-5,8-10H2,1H3. The van der Waals surface area contributed by atoms with Crippen LogP contribution in [0.3, 0.4) is 0 Å². The molecule has 1 unspecified atom stereocenters. The van der Waals surface area contributed by atoms with E-state index >= 15 is 0 Å². The molecule has 0 saturated carbocycles. The Morgan fingerprint density at radius 1 is 1.11 bits per heavy atom. The molecule has 2 aliphatic heterocycles. The van der Waals surface area contributed by atoms with Crippen molar-refractivity contribution < 1.29 is 0 Å². The number of hydrogen-bond donors (Lipinski definition) is 0. The molecule has 0 aromatic carbocycles. The van der Waals surface area contributed by atoms with Crippen LogP contribution in [0.4, 0.5) is 0 Å². The molecule has 0 aliphatic carbocycles. The van der Waals surface area contributed by atoms with Gasteiger partial charge in [0.2, 0.25) is 0 Å². The van der Waals surface area contributed by atoms with Crippen LogP contribution in [0, 0.1) is 0 Å². The maximum Gasteiger partial charge on any atom is 0.0758 e. The van der Waals surface area contributed by atoms with Gasteiger partial charge >= 0.3 is 0 Å². The summed E-state index contributed by atoms with van der Waals surface area (Å²) in [5.41, 5.74) is 1.16. The van der Waals surface area contributed by atoms with Crippen LogP contribution in [-0.2, 0) is 0 Å². The van der Waals surface area contributed by atoms with E-state index in [9.17, 15) is 0 Å². The highest BCUT2D eigenvalue weighted by molar-refractivity contribution is 5.06. The lowest BCUT2D eigenvalue weighted by molar-refractivity contribution is 0.108. The van der Waals surface area contributed by atoms with Gasteiger partial charge in [-0.3, -0.25) is 14.9 Å². The second kappa shape index (κ2) is 5.33. The Bertz CT molecular complexity index is 373. The summed E-state index contributed by atoms with van der Waals surface area (Å²) >= 11 is 0. The average molecular weight is 246 g/mol. The monoisotopic (exact) mass is 246 g/mol. The minimum atomic E-state index is 0.507. The molecule has 3 rings (SSSR count). The fourth-order valence-electron chi connectivity index (χ4n) is 3.35. The van der Waals surface area contributed by atoms with Gasteiger partial charge in [-0.2, -0.15) is 0 Å². The summed E-state index contributed by atoms with van der Waals surface area (Å²) in [5.74, 6) is 0. The van der Waals surface area contributed by atoms with Crippen LogP contribution in [0.1, 0.15) is 37.4 Å². The smallest absolute Gasteiger partial charge is 0.0758 e. The average Bonchev–Trinajstić information content (AvgIpc) is 2.90. The summed E-state index contributed by atoms with van der Waals surface area (Å²) < 4.78 is 0. The van der Waals surface area contributed by atoms with Crippen molar-refractivity contribution in [3.05, 3.63) is 24.3 Å². The summed E-state index contributed by atoms with van der Waals surface area (Å²) in [7, 11) is 2.22. The highest BCUT2D eigenvalue weighted by atomic mass is 15.2. The third-order valence-electron chi connectivity index (χ3n) is 4.38. The first kappa shape index (κ1) is 12.1. The van der Waals surface area contributed by atoms with Crippen molar-refractivity contribution in [1.82, 2.24) is 19.8 Å². The zero-order chi connectivity index (χ0) is 12.4. The maximum atomic E-state index is 4.51. The summed E-state index contributed by atoms with van der Waals surface area (Å²) in [5, 5.41) is 0. The molecular formula is C14H22N4. The Morgan fingerprint density at radius 3 is 2.67 bits per heavy atom. The minimum Gasteiger partial charge on any atom is -0.306 e.